The molecular weight excluding hydrogens is 296 g/mol. The van der Waals surface area contributed by atoms with Gasteiger partial charge in [-0.25, -0.2) is 4.79 Å². The molecule has 3 N–H and O–H groups in total. The van der Waals surface area contributed by atoms with E-state index in [1.807, 2.05) is 24.3 Å². The normalized spacial score (nSPS) is 20.5. The monoisotopic (exact) mass is 314 g/mol. The van der Waals surface area contributed by atoms with E-state index < -0.39 is 11.4 Å². The number of anilines is 1. The molecule has 1 aromatic heterocycles. The number of carboxylic acid groups (broad SMARTS) is 1. The van der Waals surface area contributed by atoms with Crippen LogP contribution in [0.15, 0.2) is 36.5 Å². The molecule has 120 valence electrons. The number of nitrogens with zero attached hydrogens (tertiary/aromatic N) is 2. The average molecular weight is 314 g/mol. The summed E-state index contributed by atoms with van der Waals surface area (Å²) in [7, 11) is 0. The van der Waals surface area contributed by atoms with E-state index >= 15 is 0 Å². The number of hydrogen-bond acceptors (Lipinski definition) is 3. The highest BCUT2D eigenvalue weighted by Gasteiger charge is 2.42. The van der Waals surface area contributed by atoms with E-state index in [-0.39, 0.29) is 12.6 Å². The molecule has 1 unspecified atom stereocenters. The Bertz CT molecular complexity index is 729. The Morgan fingerprint density at radius 3 is 2.87 bits per heavy atom. The molecule has 2 aromatic rings. The van der Waals surface area contributed by atoms with E-state index in [9.17, 15) is 14.7 Å². The summed E-state index contributed by atoms with van der Waals surface area (Å²) >= 11 is 0. The van der Waals surface area contributed by atoms with Gasteiger partial charge in [-0.1, -0.05) is 12.1 Å². The van der Waals surface area contributed by atoms with Crippen LogP contribution in [0.2, 0.25) is 0 Å². The maximum atomic E-state index is 12.3. The zero-order valence-electron chi connectivity index (χ0n) is 12.7. The summed E-state index contributed by atoms with van der Waals surface area (Å²) in [6.45, 7) is 2.32. The molecule has 1 atom stereocenters. The number of aromatic nitrogens is 2. The number of likely N-dealkylation sites (tertiary alicyclic amines) is 1. The van der Waals surface area contributed by atoms with E-state index in [1.165, 1.54) is 4.90 Å². The fourth-order valence-electron chi connectivity index (χ4n) is 2.69. The van der Waals surface area contributed by atoms with Crippen LogP contribution in [0.1, 0.15) is 13.3 Å². The minimum absolute atomic E-state index is 0.217. The van der Waals surface area contributed by atoms with Crippen molar-refractivity contribution >= 4 is 17.7 Å². The van der Waals surface area contributed by atoms with Gasteiger partial charge in [-0.05, 0) is 31.5 Å². The van der Waals surface area contributed by atoms with Crippen molar-refractivity contribution in [2.75, 3.05) is 18.4 Å². The third-order valence-electron chi connectivity index (χ3n) is 4.20. The molecule has 0 spiro atoms. The van der Waals surface area contributed by atoms with Crippen LogP contribution in [0.5, 0.6) is 0 Å². The van der Waals surface area contributed by atoms with Gasteiger partial charge in [0.15, 0.2) is 0 Å². The number of amides is 2. The van der Waals surface area contributed by atoms with Crippen molar-refractivity contribution in [3.63, 3.8) is 0 Å². The Hall–Kier alpha value is -2.83. The number of aromatic amines is 1. The number of rotatable bonds is 3. The van der Waals surface area contributed by atoms with E-state index in [0.29, 0.717) is 18.7 Å². The van der Waals surface area contributed by atoms with Gasteiger partial charge in [-0.15, -0.1) is 0 Å². The lowest BCUT2D eigenvalue weighted by Crippen LogP contribution is -2.37. The predicted octanol–water partition coefficient (Wildman–Crippen LogP) is 2.41. The Balaban J connectivity index is 1.69. The van der Waals surface area contributed by atoms with Crippen molar-refractivity contribution in [3.8, 4) is 11.3 Å². The number of carboxylic acids is 1. The van der Waals surface area contributed by atoms with Gasteiger partial charge in [0, 0.05) is 30.5 Å². The minimum Gasteiger partial charge on any atom is -0.481 e. The smallest absolute Gasteiger partial charge is 0.321 e. The van der Waals surface area contributed by atoms with E-state index in [0.717, 1.165) is 11.3 Å². The average Bonchev–Trinajstić information content (AvgIpc) is 3.17. The molecule has 1 aliphatic heterocycles. The van der Waals surface area contributed by atoms with E-state index in [1.54, 1.807) is 19.2 Å². The fraction of sp³-hybridized carbons (Fsp3) is 0.312. The second-order valence-corrected chi connectivity index (χ2v) is 6.02. The van der Waals surface area contributed by atoms with Crippen molar-refractivity contribution in [1.29, 1.82) is 0 Å². The first-order valence-electron chi connectivity index (χ1n) is 7.37. The summed E-state index contributed by atoms with van der Waals surface area (Å²) in [6.07, 6.45) is 2.13. The van der Waals surface area contributed by atoms with Crippen molar-refractivity contribution in [3.05, 3.63) is 36.5 Å². The lowest BCUT2D eigenvalue weighted by atomic mass is 9.90. The molecule has 0 bridgehead atoms. The van der Waals surface area contributed by atoms with Crippen LogP contribution in [0.25, 0.3) is 11.3 Å². The summed E-state index contributed by atoms with van der Waals surface area (Å²) in [5.41, 5.74) is 1.57. The Morgan fingerprint density at radius 2 is 2.22 bits per heavy atom. The van der Waals surface area contributed by atoms with Crippen LogP contribution in [-0.2, 0) is 4.79 Å². The second-order valence-electron chi connectivity index (χ2n) is 6.02. The SMILES string of the molecule is CC1(C(=O)O)CCN(C(=O)Nc2cccc(-c3ccn[nH]3)c2)C1. The molecule has 0 radical (unpaired) electrons. The molecule has 7 nitrogen and oxygen atoms in total. The molecular formula is C16H18N4O3. The largest absolute Gasteiger partial charge is 0.481 e. The minimum atomic E-state index is -0.867. The summed E-state index contributed by atoms with van der Waals surface area (Å²) < 4.78 is 0. The van der Waals surface area contributed by atoms with Crippen LogP contribution >= 0.6 is 0 Å². The molecule has 3 rings (SSSR count). The zero-order valence-corrected chi connectivity index (χ0v) is 12.7. The number of urea groups is 1. The van der Waals surface area contributed by atoms with Crippen LogP contribution in [0.3, 0.4) is 0 Å². The van der Waals surface area contributed by atoms with Crippen LogP contribution in [-0.4, -0.2) is 45.3 Å². The molecule has 1 saturated heterocycles. The third kappa shape index (κ3) is 3.03. The number of hydrogen-bond donors (Lipinski definition) is 3. The molecule has 2 heterocycles. The van der Waals surface area contributed by atoms with E-state index in [2.05, 4.69) is 15.5 Å². The summed E-state index contributed by atoms with van der Waals surface area (Å²) in [5.74, 6) is -0.867. The van der Waals surface area contributed by atoms with Crippen LogP contribution in [0, 0.1) is 5.41 Å². The topological polar surface area (TPSA) is 98.3 Å². The molecule has 1 fully saturated rings. The van der Waals surface area contributed by atoms with Gasteiger partial charge < -0.3 is 15.3 Å². The molecule has 7 heteroatoms. The summed E-state index contributed by atoms with van der Waals surface area (Å²) in [5, 5.41) is 18.8. The highest BCUT2D eigenvalue weighted by Crippen LogP contribution is 2.30. The summed E-state index contributed by atoms with van der Waals surface area (Å²) in [6, 6.07) is 8.97. The number of carbonyl (C=O) groups is 2. The third-order valence-corrected chi connectivity index (χ3v) is 4.20. The number of aliphatic carboxylic acids is 1. The molecule has 2 amide bonds. The number of nitrogens with one attached hydrogen (secondary N) is 2. The molecule has 1 aromatic carbocycles. The quantitative estimate of drug-likeness (QED) is 0.810. The first-order valence-corrected chi connectivity index (χ1v) is 7.37. The van der Waals surface area contributed by atoms with Crippen molar-refractivity contribution in [2.24, 2.45) is 5.41 Å². The lowest BCUT2D eigenvalue weighted by Gasteiger charge is -2.20. The van der Waals surface area contributed by atoms with Gasteiger partial charge >= 0.3 is 12.0 Å². The maximum Gasteiger partial charge on any atom is 0.321 e. The molecule has 0 saturated carbocycles. The van der Waals surface area contributed by atoms with Gasteiger partial charge in [0.1, 0.15) is 0 Å². The van der Waals surface area contributed by atoms with Gasteiger partial charge in [0.25, 0.3) is 0 Å². The van der Waals surface area contributed by atoms with Crippen molar-refractivity contribution in [2.45, 2.75) is 13.3 Å². The highest BCUT2D eigenvalue weighted by atomic mass is 16.4. The Labute approximate surface area is 133 Å². The van der Waals surface area contributed by atoms with Gasteiger partial charge in [0.2, 0.25) is 0 Å². The predicted molar refractivity (Wildman–Crippen MR) is 85.0 cm³/mol. The van der Waals surface area contributed by atoms with Gasteiger partial charge in [-0.2, -0.15) is 5.10 Å². The zero-order chi connectivity index (χ0) is 16.4. The van der Waals surface area contributed by atoms with Crippen molar-refractivity contribution in [1.82, 2.24) is 15.1 Å². The standard InChI is InChI=1S/C16H18N4O3/c1-16(14(21)22)6-8-20(10-16)15(23)18-12-4-2-3-11(9-12)13-5-7-17-19-13/h2-5,7,9H,6,8,10H2,1H3,(H,17,19)(H,18,23)(H,21,22). The van der Waals surface area contributed by atoms with Crippen molar-refractivity contribution < 1.29 is 14.7 Å². The van der Waals surface area contributed by atoms with Crippen LogP contribution in [0.4, 0.5) is 10.5 Å². The number of H-pyrrole nitrogens is 1. The van der Waals surface area contributed by atoms with Gasteiger partial charge in [-0.3, -0.25) is 9.89 Å². The van der Waals surface area contributed by atoms with E-state index in [4.69, 9.17) is 0 Å². The maximum absolute atomic E-state index is 12.3. The number of benzene rings is 1. The Morgan fingerprint density at radius 1 is 1.39 bits per heavy atom. The Kier molecular flexibility index (Phi) is 3.77. The van der Waals surface area contributed by atoms with Gasteiger partial charge in [0.05, 0.1) is 11.1 Å². The molecule has 0 aliphatic carbocycles. The first-order chi connectivity index (χ1) is 11.0. The number of carbonyl (C=O) groups excluding carboxylic acids is 1. The second kappa shape index (κ2) is 5.75. The highest BCUT2D eigenvalue weighted by molar-refractivity contribution is 5.91. The molecule has 1 aliphatic rings. The molecule has 23 heavy (non-hydrogen) atoms. The van der Waals surface area contributed by atoms with Crippen LogP contribution < -0.4 is 5.32 Å². The summed E-state index contributed by atoms with van der Waals surface area (Å²) in [4.78, 5) is 25.1. The first kappa shape index (κ1) is 15.1. The lowest BCUT2D eigenvalue weighted by molar-refractivity contribution is -0.146. The fourth-order valence-corrected chi connectivity index (χ4v) is 2.69.